The number of carbonyl (C=O) groups is 1. The lowest BCUT2D eigenvalue weighted by Gasteiger charge is -2.21. The van der Waals surface area contributed by atoms with Crippen LogP contribution >= 0.6 is 0 Å². The van der Waals surface area contributed by atoms with Crippen LogP contribution in [0.3, 0.4) is 0 Å². The quantitative estimate of drug-likeness (QED) is 0.236. The van der Waals surface area contributed by atoms with Crippen LogP contribution < -0.4 is 9.47 Å². The highest BCUT2D eigenvalue weighted by atomic mass is 16.7. The van der Waals surface area contributed by atoms with Gasteiger partial charge in [0.25, 0.3) is 0 Å². The van der Waals surface area contributed by atoms with E-state index < -0.39 is 12.3 Å². The number of ether oxygens (including phenoxy) is 2. The van der Waals surface area contributed by atoms with E-state index in [2.05, 4.69) is 39.8 Å². The van der Waals surface area contributed by atoms with Gasteiger partial charge in [0.1, 0.15) is 11.5 Å². The Bertz CT molecular complexity index is 784. The molecule has 0 spiro atoms. The smallest absolute Gasteiger partial charge is 0.387 e. The molecular formula is C30H44O4. The maximum atomic E-state index is 12.0. The summed E-state index contributed by atoms with van der Waals surface area (Å²) in [4.78, 5) is 12.0. The van der Waals surface area contributed by atoms with Crippen molar-refractivity contribution in [3.8, 4) is 11.5 Å². The van der Waals surface area contributed by atoms with Crippen LogP contribution in [0.4, 0.5) is 0 Å². The van der Waals surface area contributed by atoms with Crippen molar-refractivity contribution in [2.75, 3.05) is 0 Å². The van der Waals surface area contributed by atoms with Gasteiger partial charge in [-0.25, -0.2) is 4.79 Å². The van der Waals surface area contributed by atoms with Gasteiger partial charge in [-0.15, -0.1) is 0 Å². The van der Waals surface area contributed by atoms with Gasteiger partial charge in [0.2, 0.25) is 0 Å². The Morgan fingerprint density at radius 3 is 1.50 bits per heavy atom. The molecule has 0 bridgehead atoms. The van der Waals surface area contributed by atoms with E-state index >= 15 is 0 Å². The fourth-order valence-corrected chi connectivity index (χ4v) is 4.61. The summed E-state index contributed by atoms with van der Waals surface area (Å²) in [7, 11) is 0. The Morgan fingerprint density at radius 1 is 0.706 bits per heavy atom. The van der Waals surface area contributed by atoms with Gasteiger partial charge in [-0.1, -0.05) is 90.5 Å². The molecule has 2 atom stereocenters. The zero-order valence-corrected chi connectivity index (χ0v) is 21.6. The third-order valence-electron chi connectivity index (χ3n) is 6.43. The van der Waals surface area contributed by atoms with Crippen LogP contribution in [0.15, 0.2) is 48.5 Å². The van der Waals surface area contributed by atoms with Crippen molar-refractivity contribution < 1.29 is 19.4 Å². The van der Waals surface area contributed by atoms with Gasteiger partial charge in [-0.2, -0.15) is 0 Å². The van der Waals surface area contributed by atoms with Crippen LogP contribution in [0.1, 0.15) is 115 Å². The molecule has 0 amide bonds. The molecule has 0 radical (unpaired) electrons. The Hall–Kier alpha value is -2.49. The van der Waals surface area contributed by atoms with E-state index in [1.807, 2.05) is 36.4 Å². The van der Waals surface area contributed by atoms with Crippen LogP contribution in [0.25, 0.3) is 0 Å². The zero-order chi connectivity index (χ0) is 24.8. The number of unbranched alkanes of at least 4 members (excludes halogenated alkanes) is 2. The van der Waals surface area contributed by atoms with Crippen LogP contribution in [-0.4, -0.2) is 17.4 Å². The Kier molecular flexibility index (Phi) is 12.6. The van der Waals surface area contributed by atoms with E-state index in [1.165, 1.54) is 36.8 Å². The number of hydrogen-bond acceptors (Lipinski definition) is 3. The zero-order valence-electron chi connectivity index (χ0n) is 21.6. The molecule has 0 saturated heterocycles. The molecule has 0 saturated carbocycles. The number of aliphatic carboxylic acids is 1. The summed E-state index contributed by atoms with van der Waals surface area (Å²) in [5, 5.41) is 9.80. The average molecular weight is 469 g/mol. The van der Waals surface area contributed by atoms with Gasteiger partial charge in [0, 0.05) is 0 Å². The van der Waals surface area contributed by atoms with Crippen molar-refractivity contribution in [1.29, 1.82) is 0 Å². The van der Waals surface area contributed by atoms with Crippen molar-refractivity contribution in [3.05, 3.63) is 59.7 Å². The number of rotatable bonds is 17. The standard InChI is InChI=1S/C30H44O4/c1-5-9-15-23(13-7-3)25-17-11-19-27(21-25)33-30(29(31)32)34-28-20-12-18-26(22-28)24(14-8-4)16-10-6-2/h11-12,17-24,30H,5-10,13-16H2,1-4H3,(H,31,32). The average Bonchev–Trinajstić information content (AvgIpc) is 2.84. The van der Waals surface area contributed by atoms with Crippen molar-refractivity contribution in [2.24, 2.45) is 0 Å². The maximum Gasteiger partial charge on any atom is 0.387 e. The second-order valence-corrected chi connectivity index (χ2v) is 9.31. The van der Waals surface area contributed by atoms with Crippen LogP contribution in [-0.2, 0) is 4.79 Å². The summed E-state index contributed by atoms with van der Waals surface area (Å²) in [6.45, 7) is 8.82. The van der Waals surface area contributed by atoms with Gasteiger partial charge in [-0.05, 0) is 72.9 Å². The number of benzene rings is 2. The molecule has 0 fully saturated rings. The third-order valence-corrected chi connectivity index (χ3v) is 6.43. The van der Waals surface area contributed by atoms with E-state index in [-0.39, 0.29) is 0 Å². The van der Waals surface area contributed by atoms with Crippen molar-refractivity contribution in [2.45, 2.75) is 110 Å². The first-order valence-electron chi connectivity index (χ1n) is 13.3. The topological polar surface area (TPSA) is 55.8 Å². The summed E-state index contributed by atoms with van der Waals surface area (Å²) in [5.41, 5.74) is 2.41. The Labute approximate surface area is 206 Å². The summed E-state index contributed by atoms with van der Waals surface area (Å²) < 4.78 is 11.7. The maximum absolute atomic E-state index is 12.0. The summed E-state index contributed by atoms with van der Waals surface area (Å²) in [5.74, 6) is 0.861. The molecule has 0 aromatic heterocycles. The second-order valence-electron chi connectivity index (χ2n) is 9.31. The van der Waals surface area contributed by atoms with Gasteiger partial charge in [0.05, 0.1) is 0 Å². The Morgan fingerprint density at radius 2 is 1.15 bits per heavy atom. The van der Waals surface area contributed by atoms with Crippen molar-refractivity contribution in [3.63, 3.8) is 0 Å². The third kappa shape index (κ3) is 9.04. The minimum atomic E-state index is -1.40. The minimum Gasteiger partial charge on any atom is -0.476 e. The predicted octanol–water partition coefficient (Wildman–Crippen LogP) is 8.70. The molecule has 4 heteroatoms. The first-order valence-corrected chi connectivity index (χ1v) is 13.3. The highest BCUT2D eigenvalue weighted by molar-refractivity contribution is 5.71. The second kappa shape index (κ2) is 15.4. The lowest BCUT2D eigenvalue weighted by molar-refractivity contribution is -0.158. The predicted molar refractivity (Wildman–Crippen MR) is 140 cm³/mol. The fraction of sp³-hybridized carbons (Fsp3) is 0.567. The first-order chi connectivity index (χ1) is 16.5. The Balaban J connectivity index is 2.17. The van der Waals surface area contributed by atoms with Gasteiger partial charge >= 0.3 is 12.3 Å². The van der Waals surface area contributed by atoms with E-state index in [4.69, 9.17) is 9.47 Å². The highest BCUT2D eigenvalue weighted by Gasteiger charge is 2.23. The van der Waals surface area contributed by atoms with E-state index in [0.717, 1.165) is 38.5 Å². The monoisotopic (exact) mass is 468 g/mol. The molecule has 4 nitrogen and oxygen atoms in total. The van der Waals surface area contributed by atoms with Gasteiger partial charge in [-0.3, -0.25) is 0 Å². The molecular weight excluding hydrogens is 424 g/mol. The van der Waals surface area contributed by atoms with E-state index in [1.54, 1.807) is 0 Å². The molecule has 0 aliphatic carbocycles. The van der Waals surface area contributed by atoms with Gasteiger partial charge in [0.15, 0.2) is 0 Å². The SMILES string of the molecule is CCCCC(CCC)c1cccc(OC(Oc2cccc(C(CCC)CCCC)c2)C(=O)O)c1. The molecule has 2 aromatic carbocycles. The van der Waals surface area contributed by atoms with E-state index in [0.29, 0.717) is 23.3 Å². The summed E-state index contributed by atoms with van der Waals surface area (Å²) in [6, 6.07) is 15.7. The molecule has 0 aliphatic heterocycles. The molecule has 2 unspecified atom stereocenters. The molecule has 1 N–H and O–H groups in total. The van der Waals surface area contributed by atoms with Crippen molar-refractivity contribution >= 4 is 5.97 Å². The molecule has 188 valence electrons. The lowest BCUT2D eigenvalue weighted by atomic mass is 9.89. The van der Waals surface area contributed by atoms with Crippen LogP contribution in [0.2, 0.25) is 0 Å². The molecule has 2 rings (SSSR count). The molecule has 34 heavy (non-hydrogen) atoms. The van der Waals surface area contributed by atoms with Crippen LogP contribution in [0, 0.1) is 0 Å². The number of hydrogen-bond donors (Lipinski definition) is 1. The van der Waals surface area contributed by atoms with E-state index in [9.17, 15) is 9.90 Å². The van der Waals surface area contributed by atoms with Crippen molar-refractivity contribution in [1.82, 2.24) is 0 Å². The molecule has 2 aromatic rings. The van der Waals surface area contributed by atoms with Crippen LogP contribution in [0.5, 0.6) is 11.5 Å². The minimum absolute atomic E-state index is 0.466. The number of carboxylic acids is 1. The lowest BCUT2D eigenvalue weighted by Crippen LogP contribution is -2.33. The largest absolute Gasteiger partial charge is 0.476 e. The summed E-state index contributed by atoms with van der Waals surface area (Å²) >= 11 is 0. The molecule has 0 heterocycles. The number of carboxylic acid groups (broad SMARTS) is 1. The summed E-state index contributed by atoms with van der Waals surface area (Å²) in [6.07, 6.45) is 10.1. The highest BCUT2D eigenvalue weighted by Crippen LogP contribution is 2.31. The fourth-order valence-electron chi connectivity index (χ4n) is 4.61. The normalized spacial score (nSPS) is 13.8. The first kappa shape index (κ1) is 27.8. The molecule has 0 aliphatic rings. The van der Waals surface area contributed by atoms with Gasteiger partial charge < -0.3 is 14.6 Å².